The Labute approximate surface area is 198 Å². The number of alkyl halides is 3. The monoisotopic (exact) mass is 504 g/mol. The Morgan fingerprint density at radius 3 is 2.41 bits per heavy atom. The molecule has 0 aliphatic carbocycles. The van der Waals surface area contributed by atoms with E-state index in [9.17, 15) is 22.8 Å². The first-order chi connectivity index (χ1) is 15.0. The number of benzene rings is 2. The molecule has 1 unspecified atom stereocenters. The van der Waals surface area contributed by atoms with Gasteiger partial charge in [0.15, 0.2) is 0 Å². The van der Waals surface area contributed by atoms with Crippen molar-refractivity contribution in [3.8, 4) is 0 Å². The van der Waals surface area contributed by atoms with Crippen molar-refractivity contribution in [2.24, 2.45) is 0 Å². The van der Waals surface area contributed by atoms with Gasteiger partial charge in [0.25, 0.3) is 5.91 Å². The van der Waals surface area contributed by atoms with Crippen LogP contribution in [0.2, 0.25) is 10.0 Å². The van der Waals surface area contributed by atoms with Gasteiger partial charge in [0.05, 0.1) is 10.8 Å². The van der Waals surface area contributed by atoms with E-state index < -0.39 is 17.7 Å². The first-order valence-electron chi connectivity index (χ1n) is 9.84. The largest absolute Gasteiger partial charge is 0.450 e. The van der Waals surface area contributed by atoms with Crippen molar-refractivity contribution in [3.63, 3.8) is 0 Å². The van der Waals surface area contributed by atoms with Crippen LogP contribution in [0.3, 0.4) is 0 Å². The molecule has 0 saturated carbocycles. The van der Waals surface area contributed by atoms with Crippen molar-refractivity contribution in [3.05, 3.63) is 58.1 Å². The molecule has 2 aromatic rings. The van der Waals surface area contributed by atoms with Crippen molar-refractivity contribution in [2.45, 2.75) is 37.0 Å². The number of anilines is 1. The predicted octanol–water partition coefficient (Wildman–Crippen LogP) is 5.96. The summed E-state index contributed by atoms with van der Waals surface area (Å²) in [4.78, 5) is 28.5. The van der Waals surface area contributed by atoms with E-state index in [0.717, 1.165) is 5.69 Å². The molecule has 1 saturated heterocycles. The smallest absolute Gasteiger partial charge is 0.365 e. The predicted molar refractivity (Wildman–Crippen MR) is 122 cm³/mol. The zero-order valence-corrected chi connectivity index (χ0v) is 19.7. The molecule has 0 radical (unpaired) electrons. The van der Waals surface area contributed by atoms with Gasteiger partial charge in [0, 0.05) is 46.3 Å². The number of rotatable bonds is 5. The van der Waals surface area contributed by atoms with Gasteiger partial charge < -0.3 is 9.80 Å². The first kappa shape index (κ1) is 24.7. The van der Waals surface area contributed by atoms with Crippen LogP contribution in [0.1, 0.15) is 24.2 Å². The van der Waals surface area contributed by atoms with Gasteiger partial charge >= 0.3 is 6.18 Å². The molecule has 1 aliphatic heterocycles. The van der Waals surface area contributed by atoms with Crippen LogP contribution in [0.5, 0.6) is 0 Å². The lowest BCUT2D eigenvalue weighted by Crippen LogP contribution is -2.59. The normalized spacial score (nSPS) is 19.2. The Morgan fingerprint density at radius 2 is 1.78 bits per heavy atom. The molecule has 3 rings (SSSR count). The third kappa shape index (κ3) is 5.53. The zero-order valence-electron chi connectivity index (χ0n) is 17.3. The zero-order chi connectivity index (χ0) is 23.6. The highest BCUT2D eigenvalue weighted by atomic mass is 35.5. The second-order valence-corrected chi connectivity index (χ2v) is 9.37. The summed E-state index contributed by atoms with van der Waals surface area (Å²) < 4.78 is 37.2. The van der Waals surface area contributed by atoms with Gasteiger partial charge in [0.2, 0.25) is 5.78 Å². The number of carbonyl (C=O) groups excluding carboxylic acids is 2. The average Bonchev–Trinajstić information content (AvgIpc) is 2.73. The van der Waals surface area contributed by atoms with E-state index in [1.807, 2.05) is 38.1 Å². The lowest BCUT2D eigenvalue weighted by molar-refractivity contribution is -0.167. The number of hydrogen-bond donors (Lipinski definition) is 0. The van der Waals surface area contributed by atoms with Gasteiger partial charge in [-0.05, 0) is 50.2 Å². The molecule has 172 valence electrons. The standard InChI is InChI=1S/C22H21Cl2F3N2O2S/c1-13-14(2)29(9-8-28(13)17-5-3-4-16(23)11-17)21(31)15-6-7-19(18(24)10-15)32-12-20(30)22(25,26)27/h3-7,10-11,13-14H,8-9,12H2,1-2H3/t13?,14-/m0/s1. The Balaban J connectivity index is 1.70. The number of ketones is 1. The van der Waals surface area contributed by atoms with Gasteiger partial charge in [0.1, 0.15) is 0 Å². The highest BCUT2D eigenvalue weighted by Crippen LogP contribution is 2.32. The van der Waals surface area contributed by atoms with Crippen molar-refractivity contribution in [1.82, 2.24) is 4.90 Å². The molecular formula is C22H21Cl2F3N2O2S. The maximum Gasteiger partial charge on any atom is 0.450 e. The molecule has 10 heteroatoms. The molecule has 0 bridgehead atoms. The number of thioether (sulfide) groups is 1. The highest BCUT2D eigenvalue weighted by Gasteiger charge is 2.38. The second-order valence-electron chi connectivity index (χ2n) is 7.51. The van der Waals surface area contributed by atoms with Crippen LogP contribution < -0.4 is 4.90 Å². The Kier molecular flexibility index (Phi) is 7.68. The van der Waals surface area contributed by atoms with E-state index in [1.54, 1.807) is 4.90 Å². The summed E-state index contributed by atoms with van der Waals surface area (Å²) in [7, 11) is 0. The minimum Gasteiger partial charge on any atom is -0.365 e. The maximum atomic E-state index is 13.1. The SMILES string of the molecule is CC1[C@H](C)N(C(=O)c2ccc(SCC(=O)C(F)(F)F)c(Cl)c2)CCN1c1cccc(Cl)c1. The Bertz CT molecular complexity index is 1020. The third-order valence-electron chi connectivity index (χ3n) is 5.52. The van der Waals surface area contributed by atoms with Gasteiger partial charge in [-0.3, -0.25) is 9.59 Å². The lowest BCUT2D eigenvalue weighted by atomic mass is 10.0. The fourth-order valence-corrected chi connectivity index (χ4v) is 4.93. The topological polar surface area (TPSA) is 40.6 Å². The number of hydrogen-bond acceptors (Lipinski definition) is 4. The number of amides is 1. The van der Waals surface area contributed by atoms with Crippen molar-refractivity contribution < 1.29 is 22.8 Å². The lowest BCUT2D eigenvalue weighted by Gasteiger charge is -2.46. The van der Waals surface area contributed by atoms with Crippen molar-refractivity contribution in [2.75, 3.05) is 23.7 Å². The molecule has 0 spiro atoms. The van der Waals surface area contributed by atoms with E-state index in [0.29, 0.717) is 40.3 Å². The van der Waals surface area contributed by atoms with Gasteiger partial charge in [-0.1, -0.05) is 29.3 Å². The molecule has 1 amide bonds. The summed E-state index contributed by atoms with van der Waals surface area (Å²) in [5.41, 5.74) is 1.33. The molecule has 0 aromatic heterocycles. The summed E-state index contributed by atoms with van der Waals surface area (Å²) >= 11 is 13.0. The van der Waals surface area contributed by atoms with Gasteiger partial charge in [-0.25, -0.2) is 0 Å². The summed E-state index contributed by atoms with van der Waals surface area (Å²) in [6, 6.07) is 11.9. The van der Waals surface area contributed by atoms with Crippen LogP contribution in [0, 0.1) is 0 Å². The van der Waals surface area contributed by atoms with E-state index in [-0.39, 0.29) is 23.0 Å². The molecule has 1 aliphatic rings. The van der Waals surface area contributed by atoms with Crippen LogP contribution in [0.15, 0.2) is 47.4 Å². The second kappa shape index (κ2) is 9.93. The minimum atomic E-state index is -4.88. The maximum absolute atomic E-state index is 13.1. The van der Waals surface area contributed by atoms with E-state index in [1.165, 1.54) is 18.2 Å². The van der Waals surface area contributed by atoms with Crippen LogP contribution in [-0.2, 0) is 4.79 Å². The molecule has 4 nitrogen and oxygen atoms in total. The van der Waals surface area contributed by atoms with Crippen LogP contribution in [0.4, 0.5) is 18.9 Å². The fourth-order valence-electron chi connectivity index (χ4n) is 3.59. The Morgan fingerprint density at radius 1 is 1.06 bits per heavy atom. The minimum absolute atomic E-state index is 0.0323. The number of nitrogens with zero attached hydrogens (tertiary/aromatic N) is 2. The summed E-state index contributed by atoms with van der Waals surface area (Å²) in [6.07, 6.45) is -4.88. The van der Waals surface area contributed by atoms with Crippen LogP contribution in [-0.4, -0.2) is 53.7 Å². The fraction of sp³-hybridized carbons (Fsp3) is 0.364. The van der Waals surface area contributed by atoms with Gasteiger partial charge in [-0.15, -0.1) is 11.8 Å². The molecular weight excluding hydrogens is 484 g/mol. The molecule has 2 aromatic carbocycles. The quantitative estimate of drug-likeness (QED) is 0.471. The molecule has 0 N–H and O–H groups in total. The van der Waals surface area contributed by atoms with E-state index in [4.69, 9.17) is 23.2 Å². The number of Topliss-reactive ketones (excluding diaryl/α,β-unsaturated/α-hetero) is 1. The molecule has 2 atom stereocenters. The summed E-state index contributed by atoms with van der Waals surface area (Å²) in [6.45, 7) is 5.12. The first-order valence-corrected chi connectivity index (χ1v) is 11.6. The number of piperazine rings is 1. The van der Waals surface area contributed by atoms with Crippen LogP contribution in [0.25, 0.3) is 0 Å². The highest BCUT2D eigenvalue weighted by molar-refractivity contribution is 8.00. The summed E-state index contributed by atoms with van der Waals surface area (Å²) in [5, 5.41) is 0.777. The molecule has 32 heavy (non-hydrogen) atoms. The molecule has 1 heterocycles. The van der Waals surface area contributed by atoms with E-state index in [2.05, 4.69) is 4.90 Å². The number of halogens is 5. The summed E-state index contributed by atoms with van der Waals surface area (Å²) in [5.74, 6) is -2.81. The van der Waals surface area contributed by atoms with Gasteiger partial charge in [-0.2, -0.15) is 13.2 Å². The Hall–Kier alpha value is -1.90. The van der Waals surface area contributed by atoms with E-state index >= 15 is 0 Å². The average molecular weight is 505 g/mol. The molecule has 1 fully saturated rings. The van der Waals surface area contributed by atoms with Crippen molar-refractivity contribution in [1.29, 1.82) is 0 Å². The third-order valence-corrected chi connectivity index (χ3v) is 7.25. The van der Waals surface area contributed by atoms with Crippen molar-refractivity contribution >= 4 is 52.3 Å². The van der Waals surface area contributed by atoms with Crippen LogP contribution >= 0.6 is 35.0 Å². The number of carbonyl (C=O) groups is 2.